The van der Waals surface area contributed by atoms with Crippen LogP contribution in [-0.4, -0.2) is 56.0 Å². The minimum absolute atomic E-state index is 0.293. The molecule has 2 heterocycles. The zero-order valence-electron chi connectivity index (χ0n) is 11.8. The summed E-state index contributed by atoms with van der Waals surface area (Å²) in [6, 6.07) is 0.293. The van der Waals surface area contributed by atoms with E-state index in [9.17, 15) is 0 Å². The van der Waals surface area contributed by atoms with Gasteiger partial charge < -0.3 is 19.7 Å². The van der Waals surface area contributed by atoms with Crippen LogP contribution in [0.4, 0.5) is 5.82 Å². The number of anilines is 1. The Morgan fingerprint density at radius 3 is 3.11 bits per heavy atom. The lowest BCUT2D eigenvalue weighted by atomic mass is 10.2. The molecule has 1 N–H and O–H groups in total. The summed E-state index contributed by atoms with van der Waals surface area (Å²) < 4.78 is 11.1. The molecule has 1 aliphatic heterocycles. The van der Waals surface area contributed by atoms with Crippen molar-refractivity contribution >= 4 is 5.82 Å². The molecule has 0 amide bonds. The Balaban J connectivity index is 2.25. The Hall–Kier alpha value is -1.40. The van der Waals surface area contributed by atoms with Gasteiger partial charge >= 0.3 is 0 Å². The number of ether oxygens (including phenoxy) is 2. The first-order valence-corrected chi connectivity index (χ1v) is 6.71. The highest BCUT2D eigenvalue weighted by molar-refractivity contribution is 5.51. The van der Waals surface area contributed by atoms with Gasteiger partial charge in [-0.15, -0.1) is 0 Å². The Bertz CT molecular complexity index is 412. The smallest absolute Gasteiger partial charge is 0.221 e. The predicted octanol–water partition coefficient (Wildman–Crippen LogP) is 0.608. The third kappa shape index (κ3) is 3.13. The van der Waals surface area contributed by atoms with Crippen LogP contribution in [0.5, 0.6) is 5.88 Å². The van der Waals surface area contributed by atoms with E-state index >= 15 is 0 Å². The summed E-state index contributed by atoms with van der Waals surface area (Å²) in [5.41, 5.74) is 0.993. The van der Waals surface area contributed by atoms with Crippen molar-refractivity contribution in [3.63, 3.8) is 0 Å². The number of nitrogens with one attached hydrogen (secondary N) is 1. The number of aromatic nitrogens is 2. The molecule has 19 heavy (non-hydrogen) atoms. The summed E-state index contributed by atoms with van der Waals surface area (Å²) in [7, 11) is 1.95. The lowest BCUT2D eigenvalue weighted by molar-refractivity contribution is 0.0938. The maximum atomic E-state index is 5.55. The third-order valence-electron chi connectivity index (χ3n) is 3.23. The van der Waals surface area contributed by atoms with Gasteiger partial charge in [-0.3, -0.25) is 0 Å². The number of hydrogen-bond acceptors (Lipinski definition) is 6. The molecule has 6 nitrogen and oxygen atoms in total. The van der Waals surface area contributed by atoms with Crippen molar-refractivity contribution in [2.24, 2.45) is 0 Å². The standard InChI is InChI=1S/C13H22N4O2/c1-4-19-13-10(2)12(15-9-16-13)17-5-6-18-8-11(17)7-14-3/h9,11,14H,4-8H2,1-3H3. The molecule has 0 saturated carbocycles. The second kappa shape index (κ2) is 6.68. The molecule has 0 aliphatic carbocycles. The third-order valence-corrected chi connectivity index (χ3v) is 3.23. The largest absolute Gasteiger partial charge is 0.478 e. The van der Waals surface area contributed by atoms with Crippen LogP contribution in [0.1, 0.15) is 12.5 Å². The van der Waals surface area contributed by atoms with Gasteiger partial charge in [-0.25, -0.2) is 9.97 Å². The van der Waals surface area contributed by atoms with Crippen molar-refractivity contribution in [3.8, 4) is 5.88 Å². The van der Waals surface area contributed by atoms with Gasteiger partial charge in [0.05, 0.1) is 31.4 Å². The molecule has 1 unspecified atom stereocenters. The van der Waals surface area contributed by atoms with Gasteiger partial charge in [-0.1, -0.05) is 0 Å². The number of nitrogens with zero attached hydrogens (tertiary/aromatic N) is 3. The first-order valence-electron chi connectivity index (χ1n) is 6.71. The van der Waals surface area contributed by atoms with E-state index in [-0.39, 0.29) is 0 Å². The molecule has 0 aromatic carbocycles. The second-order valence-electron chi connectivity index (χ2n) is 4.54. The average Bonchev–Trinajstić information content (AvgIpc) is 2.43. The van der Waals surface area contributed by atoms with E-state index in [4.69, 9.17) is 9.47 Å². The monoisotopic (exact) mass is 266 g/mol. The molecule has 106 valence electrons. The summed E-state index contributed by atoms with van der Waals surface area (Å²) in [6.45, 7) is 7.73. The van der Waals surface area contributed by atoms with E-state index in [1.54, 1.807) is 6.33 Å². The summed E-state index contributed by atoms with van der Waals surface area (Å²) in [5, 5.41) is 3.20. The summed E-state index contributed by atoms with van der Waals surface area (Å²) in [4.78, 5) is 10.9. The molecule has 1 aromatic heterocycles. The Labute approximate surface area is 114 Å². The zero-order chi connectivity index (χ0) is 13.7. The lowest BCUT2D eigenvalue weighted by Crippen LogP contribution is -2.50. The van der Waals surface area contributed by atoms with Gasteiger partial charge in [0.25, 0.3) is 0 Å². The van der Waals surface area contributed by atoms with E-state index in [2.05, 4.69) is 20.2 Å². The second-order valence-corrected chi connectivity index (χ2v) is 4.54. The van der Waals surface area contributed by atoms with Crippen LogP contribution >= 0.6 is 0 Å². The molecular weight excluding hydrogens is 244 g/mol. The SMILES string of the molecule is CCOc1ncnc(N2CCOCC2CNC)c1C. The van der Waals surface area contributed by atoms with Crippen LogP contribution in [0.3, 0.4) is 0 Å². The van der Waals surface area contributed by atoms with E-state index in [1.165, 1.54) is 0 Å². The number of likely N-dealkylation sites (N-methyl/N-ethyl adjacent to an activating group) is 1. The molecule has 1 atom stereocenters. The van der Waals surface area contributed by atoms with Crippen molar-refractivity contribution in [3.05, 3.63) is 11.9 Å². The van der Waals surface area contributed by atoms with Crippen molar-refractivity contribution in [1.29, 1.82) is 0 Å². The highest BCUT2D eigenvalue weighted by Crippen LogP contribution is 2.26. The van der Waals surface area contributed by atoms with Crippen LogP contribution in [-0.2, 0) is 4.74 Å². The fourth-order valence-electron chi connectivity index (χ4n) is 2.34. The number of rotatable bonds is 5. The summed E-state index contributed by atoms with van der Waals surface area (Å²) in [5.74, 6) is 1.61. The van der Waals surface area contributed by atoms with Crippen LogP contribution in [0.15, 0.2) is 6.33 Å². The van der Waals surface area contributed by atoms with Crippen LogP contribution < -0.4 is 15.0 Å². The van der Waals surface area contributed by atoms with Crippen molar-refractivity contribution < 1.29 is 9.47 Å². The van der Waals surface area contributed by atoms with Gasteiger partial charge in [-0.2, -0.15) is 0 Å². The van der Waals surface area contributed by atoms with Gasteiger partial charge in [0.2, 0.25) is 5.88 Å². The molecule has 0 spiro atoms. The highest BCUT2D eigenvalue weighted by atomic mass is 16.5. The minimum Gasteiger partial charge on any atom is -0.478 e. The van der Waals surface area contributed by atoms with Crippen LogP contribution in [0.2, 0.25) is 0 Å². The molecule has 1 aromatic rings. The van der Waals surface area contributed by atoms with Gasteiger partial charge in [0.1, 0.15) is 12.1 Å². The molecule has 0 bridgehead atoms. The normalized spacial score (nSPS) is 19.5. The van der Waals surface area contributed by atoms with Crippen LogP contribution in [0.25, 0.3) is 0 Å². The Morgan fingerprint density at radius 2 is 2.37 bits per heavy atom. The van der Waals surface area contributed by atoms with Gasteiger partial charge in [-0.05, 0) is 20.9 Å². The van der Waals surface area contributed by atoms with Gasteiger partial charge in [0, 0.05) is 13.1 Å². The number of hydrogen-bond donors (Lipinski definition) is 1. The van der Waals surface area contributed by atoms with Crippen molar-refractivity contribution in [2.45, 2.75) is 19.9 Å². The number of morpholine rings is 1. The first kappa shape index (κ1) is 14.0. The molecular formula is C13H22N4O2. The van der Waals surface area contributed by atoms with Gasteiger partial charge in [0.15, 0.2) is 0 Å². The van der Waals surface area contributed by atoms with E-state index < -0.39 is 0 Å². The zero-order valence-corrected chi connectivity index (χ0v) is 11.8. The van der Waals surface area contributed by atoms with Crippen molar-refractivity contribution in [2.75, 3.05) is 44.9 Å². The molecule has 0 radical (unpaired) electrons. The van der Waals surface area contributed by atoms with Crippen LogP contribution in [0, 0.1) is 6.92 Å². The Kier molecular flexibility index (Phi) is 4.93. The first-order chi connectivity index (χ1) is 9.27. The topological polar surface area (TPSA) is 59.5 Å². The van der Waals surface area contributed by atoms with E-state index in [1.807, 2.05) is 20.9 Å². The summed E-state index contributed by atoms with van der Waals surface area (Å²) in [6.07, 6.45) is 1.57. The fourth-order valence-corrected chi connectivity index (χ4v) is 2.34. The Morgan fingerprint density at radius 1 is 1.53 bits per heavy atom. The lowest BCUT2D eigenvalue weighted by Gasteiger charge is -2.37. The van der Waals surface area contributed by atoms with Crippen molar-refractivity contribution in [1.82, 2.24) is 15.3 Å². The summed E-state index contributed by atoms with van der Waals surface area (Å²) >= 11 is 0. The fraction of sp³-hybridized carbons (Fsp3) is 0.692. The van der Waals surface area contributed by atoms with E-state index in [0.29, 0.717) is 25.1 Å². The minimum atomic E-state index is 0.293. The maximum Gasteiger partial charge on any atom is 0.221 e. The molecule has 1 fully saturated rings. The molecule has 1 saturated heterocycles. The highest BCUT2D eigenvalue weighted by Gasteiger charge is 2.26. The predicted molar refractivity (Wildman–Crippen MR) is 73.8 cm³/mol. The molecule has 6 heteroatoms. The quantitative estimate of drug-likeness (QED) is 0.842. The average molecular weight is 266 g/mol. The molecule has 2 rings (SSSR count). The molecule has 1 aliphatic rings. The van der Waals surface area contributed by atoms with E-state index in [0.717, 1.165) is 31.1 Å². The maximum absolute atomic E-state index is 5.55.